The predicted octanol–water partition coefficient (Wildman–Crippen LogP) is 2.95. The Morgan fingerprint density at radius 3 is 2.67 bits per heavy atom. The first-order chi connectivity index (χ1) is 8.66. The second-order valence-corrected chi connectivity index (χ2v) is 4.47. The maximum Gasteiger partial charge on any atom is 0.133 e. The van der Waals surface area contributed by atoms with Crippen LogP contribution in [0.15, 0.2) is 42.6 Å². The maximum atomic E-state index is 9.17. The Hall–Kier alpha value is -1.87. The molecule has 3 heteroatoms. The number of nitrogens with zero attached hydrogens (tertiary/aromatic N) is 1. The first-order valence-corrected chi connectivity index (χ1v) is 6.09. The molecule has 0 fully saturated rings. The molecule has 0 unspecified atom stereocenters. The lowest BCUT2D eigenvalue weighted by Crippen LogP contribution is -2.19. The molecule has 2 aromatic rings. The summed E-state index contributed by atoms with van der Waals surface area (Å²) in [5, 5.41) is 12.6. The van der Waals surface area contributed by atoms with Gasteiger partial charge in [-0.25, -0.2) is 0 Å². The molecule has 2 N–H and O–H groups in total. The fourth-order valence-corrected chi connectivity index (χ4v) is 1.96. The normalized spacial score (nSPS) is 12.3. The standard InChI is InChI=1S/C15H18N2O/c1-11-5-3-4-6-15(11)12(2)16-9-13-7-8-14(18)10-17-13/h3-8,10,12,16,18H,9H2,1-2H3/t12-/m0/s1. The minimum Gasteiger partial charge on any atom is -0.506 e. The highest BCUT2D eigenvalue weighted by Gasteiger charge is 2.07. The van der Waals surface area contributed by atoms with Gasteiger partial charge in [0.1, 0.15) is 5.75 Å². The monoisotopic (exact) mass is 242 g/mol. The lowest BCUT2D eigenvalue weighted by molar-refractivity contribution is 0.471. The summed E-state index contributed by atoms with van der Waals surface area (Å²) in [6.45, 7) is 4.95. The first kappa shape index (κ1) is 12.6. The third-order valence-electron chi connectivity index (χ3n) is 3.05. The summed E-state index contributed by atoms with van der Waals surface area (Å²) in [5.74, 6) is 0.200. The number of aromatic nitrogens is 1. The van der Waals surface area contributed by atoms with Crippen LogP contribution in [0.1, 0.15) is 29.8 Å². The second-order valence-electron chi connectivity index (χ2n) is 4.47. The van der Waals surface area contributed by atoms with E-state index in [9.17, 15) is 0 Å². The van der Waals surface area contributed by atoms with Crippen molar-refractivity contribution in [2.75, 3.05) is 0 Å². The molecule has 1 aromatic heterocycles. The van der Waals surface area contributed by atoms with Crippen molar-refractivity contribution in [3.8, 4) is 5.75 Å². The lowest BCUT2D eigenvalue weighted by Gasteiger charge is -2.16. The van der Waals surface area contributed by atoms with Crippen molar-refractivity contribution in [1.82, 2.24) is 10.3 Å². The topological polar surface area (TPSA) is 45.1 Å². The minimum atomic E-state index is 0.200. The van der Waals surface area contributed by atoms with Crippen molar-refractivity contribution in [3.63, 3.8) is 0 Å². The molecule has 0 aliphatic rings. The van der Waals surface area contributed by atoms with Gasteiger partial charge in [0.2, 0.25) is 0 Å². The molecule has 18 heavy (non-hydrogen) atoms. The molecule has 0 aliphatic carbocycles. The number of hydrogen-bond donors (Lipinski definition) is 2. The smallest absolute Gasteiger partial charge is 0.133 e. The zero-order valence-corrected chi connectivity index (χ0v) is 10.7. The summed E-state index contributed by atoms with van der Waals surface area (Å²) in [6, 6.07) is 12.1. The molecular weight excluding hydrogens is 224 g/mol. The van der Waals surface area contributed by atoms with Crippen LogP contribution in [0, 0.1) is 6.92 Å². The van der Waals surface area contributed by atoms with Gasteiger partial charge < -0.3 is 10.4 Å². The number of hydrogen-bond acceptors (Lipinski definition) is 3. The highest BCUT2D eigenvalue weighted by atomic mass is 16.3. The van der Waals surface area contributed by atoms with Gasteiger partial charge in [-0.1, -0.05) is 24.3 Å². The van der Waals surface area contributed by atoms with Gasteiger partial charge in [0.15, 0.2) is 0 Å². The van der Waals surface area contributed by atoms with E-state index in [1.54, 1.807) is 6.07 Å². The quantitative estimate of drug-likeness (QED) is 0.866. The average molecular weight is 242 g/mol. The van der Waals surface area contributed by atoms with Gasteiger partial charge in [0.05, 0.1) is 11.9 Å². The molecule has 1 aromatic carbocycles. The van der Waals surface area contributed by atoms with E-state index in [1.807, 2.05) is 12.1 Å². The van der Waals surface area contributed by atoms with E-state index in [4.69, 9.17) is 5.11 Å². The van der Waals surface area contributed by atoms with Crippen LogP contribution in [0.3, 0.4) is 0 Å². The molecule has 0 saturated carbocycles. The Kier molecular flexibility index (Phi) is 3.95. The molecule has 0 spiro atoms. The van der Waals surface area contributed by atoms with Crippen LogP contribution in [-0.4, -0.2) is 10.1 Å². The third kappa shape index (κ3) is 3.08. The molecule has 0 aliphatic heterocycles. The van der Waals surface area contributed by atoms with Crippen molar-refractivity contribution in [3.05, 3.63) is 59.4 Å². The molecule has 1 heterocycles. The van der Waals surface area contributed by atoms with E-state index in [0.717, 1.165) is 5.69 Å². The van der Waals surface area contributed by atoms with Crippen LogP contribution in [0.2, 0.25) is 0 Å². The Morgan fingerprint density at radius 2 is 2.00 bits per heavy atom. The maximum absolute atomic E-state index is 9.17. The van der Waals surface area contributed by atoms with Crippen molar-refractivity contribution in [2.24, 2.45) is 0 Å². The molecular formula is C15H18N2O. The number of nitrogens with one attached hydrogen (secondary N) is 1. The van der Waals surface area contributed by atoms with Gasteiger partial charge in [-0.2, -0.15) is 0 Å². The molecule has 0 saturated heterocycles. The van der Waals surface area contributed by atoms with Crippen LogP contribution >= 0.6 is 0 Å². The number of pyridine rings is 1. The van der Waals surface area contributed by atoms with Crippen molar-refractivity contribution in [2.45, 2.75) is 26.4 Å². The van der Waals surface area contributed by atoms with E-state index in [2.05, 4.69) is 42.3 Å². The molecule has 0 amide bonds. The van der Waals surface area contributed by atoms with Crippen LogP contribution in [-0.2, 0) is 6.54 Å². The van der Waals surface area contributed by atoms with Gasteiger partial charge in [0.25, 0.3) is 0 Å². The van der Waals surface area contributed by atoms with Gasteiger partial charge >= 0.3 is 0 Å². The van der Waals surface area contributed by atoms with Gasteiger partial charge in [0, 0.05) is 12.6 Å². The number of benzene rings is 1. The SMILES string of the molecule is Cc1ccccc1[C@H](C)NCc1ccc(O)cn1. The first-order valence-electron chi connectivity index (χ1n) is 6.09. The minimum absolute atomic E-state index is 0.200. The Balaban J connectivity index is 1.98. The lowest BCUT2D eigenvalue weighted by atomic mass is 10.0. The number of aromatic hydroxyl groups is 1. The molecule has 2 rings (SSSR count). The Morgan fingerprint density at radius 1 is 1.22 bits per heavy atom. The summed E-state index contributed by atoms with van der Waals surface area (Å²) < 4.78 is 0. The zero-order valence-electron chi connectivity index (χ0n) is 10.7. The molecule has 1 atom stereocenters. The van der Waals surface area contributed by atoms with E-state index in [-0.39, 0.29) is 11.8 Å². The van der Waals surface area contributed by atoms with Gasteiger partial charge in [-0.3, -0.25) is 4.98 Å². The highest BCUT2D eigenvalue weighted by molar-refractivity contribution is 5.28. The number of rotatable bonds is 4. The van der Waals surface area contributed by atoms with Crippen molar-refractivity contribution < 1.29 is 5.11 Å². The average Bonchev–Trinajstić information content (AvgIpc) is 2.38. The summed E-state index contributed by atoms with van der Waals surface area (Å²) in [7, 11) is 0. The zero-order chi connectivity index (χ0) is 13.0. The predicted molar refractivity (Wildman–Crippen MR) is 72.3 cm³/mol. The van der Waals surface area contributed by atoms with E-state index >= 15 is 0 Å². The number of aryl methyl sites for hydroxylation is 1. The summed E-state index contributed by atoms with van der Waals surface area (Å²) in [4.78, 5) is 4.15. The molecule has 3 nitrogen and oxygen atoms in total. The molecule has 0 radical (unpaired) electrons. The van der Waals surface area contributed by atoms with Crippen LogP contribution in [0.4, 0.5) is 0 Å². The molecule has 0 bridgehead atoms. The summed E-state index contributed by atoms with van der Waals surface area (Å²) in [5.41, 5.74) is 3.51. The van der Waals surface area contributed by atoms with Gasteiger partial charge in [-0.05, 0) is 37.1 Å². The Bertz CT molecular complexity index is 508. The fraction of sp³-hybridized carbons (Fsp3) is 0.267. The van der Waals surface area contributed by atoms with E-state index < -0.39 is 0 Å². The van der Waals surface area contributed by atoms with Crippen molar-refractivity contribution >= 4 is 0 Å². The second kappa shape index (κ2) is 5.65. The van der Waals surface area contributed by atoms with Crippen molar-refractivity contribution in [1.29, 1.82) is 0 Å². The van der Waals surface area contributed by atoms with E-state index in [0.29, 0.717) is 6.54 Å². The largest absolute Gasteiger partial charge is 0.506 e. The van der Waals surface area contributed by atoms with Crippen LogP contribution in [0.25, 0.3) is 0 Å². The summed E-state index contributed by atoms with van der Waals surface area (Å²) in [6.07, 6.45) is 1.47. The highest BCUT2D eigenvalue weighted by Crippen LogP contribution is 2.17. The Labute approximate surface area is 108 Å². The van der Waals surface area contributed by atoms with E-state index in [1.165, 1.54) is 17.3 Å². The molecule has 94 valence electrons. The van der Waals surface area contributed by atoms with Gasteiger partial charge in [-0.15, -0.1) is 0 Å². The third-order valence-corrected chi connectivity index (χ3v) is 3.05. The fourth-order valence-electron chi connectivity index (χ4n) is 1.96. The summed E-state index contributed by atoms with van der Waals surface area (Å²) >= 11 is 0. The van der Waals surface area contributed by atoms with Crippen LogP contribution < -0.4 is 5.32 Å². The van der Waals surface area contributed by atoms with Crippen LogP contribution in [0.5, 0.6) is 5.75 Å².